The third-order valence-electron chi connectivity index (χ3n) is 2.23. The van der Waals surface area contributed by atoms with Crippen LogP contribution in [0.15, 0.2) is 18.3 Å². The summed E-state index contributed by atoms with van der Waals surface area (Å²) in [6.45, 7) is 2.10. The summed E-state index contributed by atoms with van der Waals surface area (Å²) in [5.74, 6) is -0.473. The molecule has 1 amide bonds. The third-order valence-corrected chi connectivity index (χ3v) is 2.23. The lowest BCUT2D eigenvalue weighted by Crippen LogP contribution is -2.31. The molecule has 0 N–H and O–H groups in total. The van der Waals surface area contributed by atoms with Crippen molar-refractivity contribution in [3.63, 3.8) is 0 Å². The first-order chi connectivity index (χ1) is 8.08. The van der Waals surface area contributed by atoms with E-state index in [1.54, 1.807) is 20.0 Å². The molecule has 1 unspecified atom stereocenters. The zero-order chi connectivity index (χ0) is 12.8. The minimum Gasteiger partial charge on any atom is -0.339 e. The maximum atomic E-state index is 11.9. The van der Waals surface area contributed by atoms with E-state index in [0.29, 0.717) is 12.1 Å². The Morgan fingerprint density at radius 3 is 2.71 bits per heavy atom. The Morgan fingerprint density at radius 2 is 2.24 bits per heavy atom. The molecule has 1 rings (SSSR count). The summed E-state index contributed by atoms with van der Waals surface area (Å²) >= 11 is 0. The molecule has 0 aliphatic carbocycles. The maximum absolute atomic E-state index is 11.9. The summed E-state index contributed by atoms with van der Waals surface area (Å²) in [4.78, 5) is 17.2. The predicted molar refractivity (Wildman–Crippen MR) is 60.7 cm³/mol. The SMILES string of the molecule is CC(C#N)CN(C)C(=O)c1ccc(C#N)cn1. The molecular weight excluding hydrogens is 216 g/mol. The van der Waals surface area contributed by atoms with Crippen LogP contribution in [0.3, 0.4) is 0 Å². The number of nitriles is 2. The van der Waals surface area contributed by atoms with Crippen LogP contribution < -0.4 is 0 Å². The van der Waals surface area contributed by atoms with Crippen molar-refractivity contribution in [3.8, 4) is 12.1 Å². The minimum absolute atomic E-state index is 0.220. The number of pyridine rings is 1. The van der Waals surface area contributed by atoms with Crippen molar-refractivity contribution in [3.05, 3.63) is 29.6 Å². The number of aromatic nitrogens is 1. The van der Waals surface area contributed by atoms with Crippen molar-refractivity contribution in [2.24, 2.45) is 5.92 Å². The molecule has 0 aliphatic rings. The summed E-state index contributed by atoms with van der Waals surface area (Å²) in [5.41, 5.74) is 0.686. The highest BCUT2D eigenvalue weighted by atomic mass is 16.2. The van der Waals surface area contributed by atoms with Gasteiger partial charge in [0.2, 0.25) is 0 Å². The molecule has 0 fully saturated rings. The molecular formula is C12H12N4O. The van der Waals surface area contributed by atoms with E-state index in [-0.39, 0.29) is 17.5 Å². The van der Waals surface area contributed by atoms with Crippen LogP contribution in [-0.4, -0.2) is 29.4 Å². The largest absolute Gasteiger partial charge is 0.339 e. The zero-order valence-electron chi connectivity index (χ0n) is 9.71. The smallest absolute Gasteiger partial charge is 0.272 e. The van der Waals surface area contributed by atoms with Gasteiger partial charge in [0.15, 0.2) is 0 Å². The molecule has 1 aromatic rings. The lowest BCUT2D eigenvalue weighted by molar-refractivity contribution is 0.0779. The van der Waals surface area contributed by atoms with Crippen LogP contribution in [0.2, 0.25) is 0 Å². The molecule has 1 aromatic heterocycles. The highest BCUT2D eigenvalue weighted by Gasteiger charge is 2.15. The Balaban J connectivity index is 2.76. The second-order valence-corrected chi connectivity index (χ2v) is 3.76. The number of nitrogens with zero attached hydrogens (tertiary/aromatic N) is 4. The standard InChI is InChI=1S/C12H12N4O/c1-9(5-13)8-16(2)12(17)11-4-3-10(6-14)7-15-11/h3-4,7,9H,8H2,1-2H3. The Kier molecular flexibility index (Phi) is 4.19. The molecule has 0 saturated carbocycles. The van der Waals surface area contributed by atoms with E-state index >= 15 is 0 Å². The number of hydrogen-bond donors (Lipinski definition) is 0. The highest BCUT2D eigenvalue weighted by Crippen LogP contribution is 2.04. The number of amides is 1. The second-order valence-electron chi connectivity index (χ2n) is 3.76. The number of rotatable bonds is 3. The molecule has 0 radical (unpaired) electrons. The summed E-state index contributed by atoms with van der Waals surface area (Å²) in [7, 11) is 1.62. The van der Waals surface area contributed by atoms with Crippen molar-refractivity contribution in [2.45, 2.75) is 6.92 Å². The van der Waals surface area contributed by atoms with Gasteiger partial charge in [-0.25, -0.2) is 4.98 Å². The molecule has 5 nitrogen and oxygen atoms in total. The monoisotopic (exact) mass is 228 g/mol. The van der Waals surface area contributed by atoms with Crippen LogP contribution in [-0.2, 0) is 0 Å². The van der Waals surface area contributed by atoms with Gasteiger partial charge in [0, 0.05) is 19.8 Å². The molecule has 0 aliphatic heterocycles. The van der Waals surface area contributed by atoms with Crippen LogP contribution in [0.25, 0.3) is 0 Å². The quantitative estimate of drug-likeness (QED) is 0.778. The van der Waals surface area contributed by atoms with Crippen LogP contribution >= 0.6 is 0 Å². The number of carbonyl (C=O) groups is 1. The van der Waals surface area contributed by atoms with Gasteiger partial charge in [0.05, 0.1) is 17.6 Å². The van der Waals surface area contributed by atoms with E-state index in [9.17, 15) is 4.79 Å². The lowest BCUT2D eigenvalue weighted by atomic mass is 10.2. The molecule has 1 heterocycles. The summed E-state index contributed by atoms with van der Waals surface area (Å²) in [6, 6.07) is 7.05. The number of hydrogen-bond acceptors (Lipinski definition) is 4. The van der Waals surface area contributed by atoms with Crippen molar-refractivity contribution < 1.29 is 4.79 Å². The fourth-order valence-electron chi connectivity index (χ4n) is 1.32. The van der Waals surface area contributed by atoms with Gasteiger partial charge in [0.1, 0.15) is 11.8 Å². The van der Waals surface area contributed by atoms with Gasteiger partial charge in [0.25, 0.3) is 5.91 Å². The molecule has 86 valence electrons. The predicted octanol–water partition coefficient (Wildman–Crippen LogP) is 1.18. The average Bonchev–Trinajstić information content (AvgIpc) is 2.37. The molecule has 1 atom stereocenters. The molecule has 5 heteroatoms. The van der Waals surface area contributed by atoms with E-state index < -0.39 is 0 Å². The van der Waals surface area contributed by atoms with Crippen LogP contribution in [0.5, 0.6) is 0 Å². The van der Waals surface area contributed by atoms with E-state index in [2.05, 4.69) is 11.1 Å². The Labute approximate surface area is 99.9 Å². The molecule has 0 bridgehead atoms. The lowest BCUT2D eigenvalue weighted by Gasteiger charge is -2.17. The highest BCUT2D eigenvalue weighted by molar-refractivity contribution is 5.92. The van der Waals surface area contributed by atoms with Gasteiger partial charge in [-0.15, -0.1) is 0 Å². The van der Waals surface area contributed by atoms with E-state index in [1.165, 1.54) is 17.2 Å². The van der Waals surface area contributed by atoms with E-state index in [0.717, 1.165) is 0 Å². The Hall–Kier alpha value is -2.40. The van der Waals surface area contributed by atoms with Gasteiger partial charge in [-0.2, -0.15) is 10.5 Å². The van der Waals surface area contributed by atoms with Crippen molar-refractivity contribution in [2.75, 3.05) is 13.6 Å². The zero-order valence-corrected chi connectivity index (χ0v) is 9.71. The van der Waals surface area contributed by atoms with E-state index in [1.807, 2.05) is 6.07 Å². The van der Waals surface area contributed by atoms with Crippen LogP contribution in [0.4, 0.5) is 0 Å². The van der Waals surface area contributed by atoms with Gasteiger partial charge in [-0.1, -0.05) is 0 Å². The third kappa shape index (κ3) is 3.29. The summed E-state index contributed by atoms with van der Waals surface area (Å²) in [6.07, 6.45) is 1.36. The van der Waals surface area contributed by atoms with Crippen LogP contribution in [0, 0.1) is 28.6 Å². The van der Waals surface area contributed by atoms with Crippen LogP contribution in [0.1, 0.15) is 23.0 Å². The fourth-order valence-corrected chi connectivity index (χ4v) is 1.32. The molecule has 17 heavy (non-hydrogen) atoms. The van der Waals surface area contributed by atoms with E-state index in [4.69, 9.17) is 10.5 Å². The summed E-state index contributed by atoms with van der Waals surface area (Å²) in [5, 5.41) is 17.3. The summed E-state index contributed by atoms with van der Waals surface area (Å²) < 4.78 is 0. The van der Waals surface area contributed by atoms with Crippen molar-refractivity contribution >= 4 is 5.91 Å². The van der Waals surface area contributed by atoms with Gasteiger partial charge in [-0.3, -0.25) is 4.79 Å². The van der Waals surface area contributed by atoms with Gasteiger partial charge >= 0.3 is 0 Å². The fraction of sp³-hybridized carbons (Fsp3) is 0.333. The van der Waals surface area contributed by atoms with Crippen molar-refractivity contribution in [1.82, 2.24) is 9.88 Å². The topological polar surface area (TPSA) is 80.8 Å². The normalized spacial score (nSPS) is 11.1. The Morgan fingerprint density at radius 1 is 1.53 bits per heavy atom. The first-order valence-corrected chi connectivity index (χ1v) is 5.09. The molecule has 0 saturated heterocycles. The number of carbonyl (C=O) groups excluding carboxylic acids is 1. The minimum atomic E-state index is -0.253. The molecule has 0 aromatic carbocycles. The second kappa shape index (κ2) is 5.62. The van der Waals surface area contributed by atoms with Gasteiger partial charge in [-0.05, 0) is 19.1 Å². The van der Waals surface area contributed by atoms with Gasteiger partial charge < -0.3 is 4.90 Å². The Bertz CT molecular complexity index is 481. The first kappa shape index (κ1) is 12.7. The molecule has 0 spiro atoms. The first-order valence-electron chi connectivity index (χ1n) is 5.09. The maximum Gasteiger partial charge on any atom is 0.272 e. The average molecular weight is 228 g/mol. The van der Waals surface area contributed by atoms with Crippen molar-refractivity contribution in [1.29, 1.82) is 10.5 Å².